The summed E-state index contributed by atoms with van der Waals surface area (Å²) in [5.41, 5.74) is -0.476. The van der Waals surface area contributed by atoms with Gasteiger partial charge in [0.15, 0.2) is 5.69 Å². The molecule has 0 atom stereocenters. The van der Waals surface area contributed by atoms with Crippen LogP contribution in [0.1, 0.15) is 36.8 Å². The summed E-state index contributed by atoms with van der Waals surface area (Å²) in [5, 5.41) is 18.6. The molecule has 39 heavy (non-hydrogen) atoms. The number of sulfonamides is 1. The molecule has 0 radical (unpaired) electrons. The Bertz CT molecular complexity index is 1460. The minimum atomic E-state index is -4.27. The fraction of sp³-hybridized carbons (Fsp3) is 0.360. The van der Waals surface area contributed by atoms with E-state index in [1.165, 1.54) is 25.0 Å². The Kier molecular flexibility index (Phi) is 8.94. The van der Waals surface area contributed by atoms with Crippen LogP contribution in [0.25, 0.3) is 5.69 Å². The van der Waals surface area contributed by atoms with Gasteiger partial charge in [-0.1, -0.05) is 0 Å². The Labute approximate surface area is 226 Å². The molecule has 3 rings (SSSR count). The fourth-order valence-corrected chi connectivity index (χ4v) is 5.10. The molecule has 0 aliphatic heterocycles. The first kappa shape index (κ1) is 29.5. The molecule has 0 saturated heterocycles. The molecule has 1 heterocycles. The van der Waals surface area contributed by atoms with Gasteiger partial charge in [-0.2, -0.15) is 9.78 Å². The molecule has 0 fully saturated rings. The van der Waals surface area contributed by atoms with E-state index in [0.717, 1.165) is 12.1 Å². The van der Waals surface area contributed by atoms with Crippen LogP contribution in [0.15, 0.2) is 47.4 Å². The molecule has 0 aliphatic carbocycles. The number of rotatable bonds is 11. The Morgan fingerprint density at radius 2 is 1.79 bits per heavy atom. The van der Waals surface area contributed by atoms with Crippen LogP contribution in [-0.2, 0) is 14.8 Å². The maximum absolute atomic E-state index is 13.3. The molecular formula is C25H31N5O8S. The van der Waals surface area contributed by atoms with Crippen molar-refractivity contribution in [1.82, 2.24) is 19.8 Å². The predicted molar refractivity (Wildman–Crippen MR) is 142 cm³/mol. The van der Waals surface area contributed by atoms with Gasteiger partial charge in [-0.3, -0.25) is 14.9 Å². The summed E-state index contributed by atoms with van der Waals surface area (Å²) in [6.45, 7) is 7.04. The number of nitrogens with zero attached hydrogens (tertiary/aromatic N) is 3. The molecule has 1 amide bonds. The van der Waals surface area contributed by atoms with E-state index in [-0.39, 0.29) is 30.5 Å². The largest absolute Gasteiger partial charge is 0.497 e. The molecule has 0 bridgehead atoms. The van der Waals surface area contributed by atoms with Crippen molar-refractivity contribution < 1.29 is 32.3 Å². The summed E-state index contributed by atoms with van der Waals surface area (Å²) in [7, 11) is -1.24. The first-order chi connectivity index (χ1) is 18.3. The van der Waals surface area contributed by atoms with Crippen molar-refractivity contribution in [2.24, 2.45) is 0 Å². The standard InChI is InChI=1S/C25H31N5O8S/c1-16-22(23(31)26-13-14-36-5)27-29(17-7-10-19(37-6)11-8-17)24(16)38-20-12-9-18(30(32)33)15-21(20)39(34,35)28-25(2,3)4/h7-12,15,28H,13-14H2,1-6H3,(H,26,31). The lowest BCUT2D eigenvalue weighted by Crippen LogP contribution is -2.40. The predicted octanol–water partition coefficient (Wildman–Crippen LogP) is 3.34. The number of hydrogen-bond donors (Lipinski definition) is 2. The van der Waals surface area contributed by atoms with E-state index in [9.17, 15) is 23.3 Å². The van der Waals surface area contributed by atoms with Crippen LogP contribution in [0, 0.1) is 17.0 Å². The molecule has 1 aromatic heterocycles. The highest BCUT2D eigenvalue weighted by atomic mass is 32.2. The molecule has 0 aliphatic rings. The molecule has 2 N–H and O–H groups in total. The van der Waals surface area contributed by atoms with Crippen LogP contribution < -0.4 is 19.5 Å². The first-order valence-corrected chi connectivity index (χ1v) is 13.3. The lowest BCUT2D eigenvalue weighted by atomic mass is 10.1. The van der Waals surface area contributed by atoms with Crippen LogP contribution in [0.5, 0.6) is 17.4 Å². The van der Waals surface area contributed by atoms with Gasteiger partial charge in [-0.05, 0) is 58.0 Å². The number of nitro benzene ring substituents is 1. The van der Waals surface area contributed by atoms with Gasteiger partial charge in [0.2, 0.25) is 15.9 Å². The third-order valence-corrected chi connectivity index (χ3v) is 7.05. The maximum Gasteiger partial charge on any atom is 0.272 e. The molecule has 3 aromatic rings. The molecular weight excluding hydrogens is 530 g/mol. The Morgan fingerprint density at radius 3 is 2.36 bits per heavy atom. The van der Waals surface area contributed by atoms with Crippen molar-refractivity contribution in [3.05, 3.63) is 63.8 Å². The number of carbonyl (C=O) groups is 1. The monoisotopic (exact) mass is 561 g/mol. The number of amides is 1. The average molecular weight is 562 g/mol. The number of ether oxygens (including phenoxy) is 3. The molecule has 0 unspecified atom stereocenters. The Balaban J connectivity index is 2.18. The smallest absolute Gasteiger partial charge is 0.272 e. The van der Waals surface area contributed by atoms with E-state index >= 15 is 0 Å². The van der Waals surface area contributed by atoms with Gasteiger partial charge >= 0.3 is 0 Å². The van der Waals surface area contributed by atoms with Gasteiger partial charge in [0.05, 0.1) is 24.3 Å². The molecule has 2 aromatic carbocycles. The number of methoxy groups -OCH3 is 2. The third kappa shape index (κ3) is 7.10. The normalized spacial score (nSPS) is 11.7. The first-order valence-electron chi connectivity index (χ1n) is 11.8. The average Bonchev–Trinajstić information content (AvgIpc) is 3.18. The Morgan fingerprint density at radius 1 is 1.13 bits per heavy atom. The van der Waals surface area contributed by atoms with E-state index in [2.05, 4.69) is 15.1 Å². The Hall–Kier alpha value is -4.01. The zero-order valence-corrected chi connectivity index (χ0v) is 23.3. The SMILES string of the molecule is COCCNC(=O)c1nn(-c2ccc(OC)cc2)c(Oc2ccc([N+](=O)[O-])cc2S(=O)(=O)NC(C)(C)C)c1C. The van der Waals surface area contributed by atoms with Gasteiger partial charge in [0.25, 0.3) is 11.6 Å². The van der Waals surface area contributed by atoms with Crippen LogP contribution >= 0.6 is 0 Å². The van der Waals surface area contributed by atoms with Crippen LogP contribution in [0.3, 0.4) is 0 Å². The second-order valence-corrected chi connectivity index (χ2v) is 11.1. The summed E-state index contributed by atoms with van der Waals surface area (Å²) >= 11 is 0. The van der Waals surface area contributed by atoms with Crippen molar-refractivity contribution >= 4 is 21.6 Å². The van der Waals surface area contributed by atoms with Gasteiger partial charge < -0.3 is 19.5 Å². The number of non-ortho nitro benzene ring substituents is 1. The number of nitrogens with one attached hydrogen (secondary N) is 2. The van der Waals surface area contributed by atoms with Crippen LogP contribution in [-0.4, -0.2) is 61.9 Å². The fourth-order valence-electron chi connectivity index (χ4n) is 3.53. The zero-order chi connectivity index (χ0) is 29.0. The number of nitro groups is 1. The van der Waals surface area contributed by atoms with E-state index in [1.807, 2.05) is 0 Å². The summed E-state index contributed by atoms with van der Waals surface area (Å²) in [4.78, 5) is 23.2. The van der Waals surface area contributed by atoms with Gasteiger partial charge in [-0.15, -0.1) is 0 Å². The van der Waals surface area contributed by atoms with Crippen molar-refractivity contribution in [2.75, 3.05) is 27.4 Å². The van der Waals surface area contributed by atoms with Gasteiger partial charge in [0, 0.05) is 36.9 Å². The lowest BCUT2D eigenvalue weighted by Gasteiger charge is -2.21. The summed E-state index contributed by atoms with van der Waals surface area (Å²) in [6.07, 6.45) is 0. The number of carbonyl (C=O) groups excluding carboxylic acids is 1. The molecule has 14 heteroatoms. The van der Waals surface area contributed by atoms with Crippen molar-refractivity contribution in [3.8, 4) is 23.1 Å². The van der Waals surface area contributed by atoms with Crippen molar-refractivity contribution in [3.63, 3.8) is 0 Å². The molecule has 0 spiro atoms. The summed E-state index contributed by atoms with van der Waals surface area (Å²) < 4.78 is 46.7. The maximum atomic E-state index is 13.3. The van der Waals surface area contributed by atoms with Crippen LogP contribution in [0.2, 0.25) is 0 Å². The second-order valence-electron chi connectivity index (χ2n) is 9.48. The van der Waals surface area contributed by atoms with E-state index in [4.69, 9.17) is 14.2 Å². The zero-order valence-electron chi connectivity index (χ0n) is 22.5. The highest BCUT2D eigenvalue weighted by molar-refractivity contribution is 7.89. The number of hydrogen-bond acceptors (Lipinski definition) is 9. The molecule has 13 nitrogen and oxygen atoms in total. The van der Waals surface area contributed by atoms with Crippen molar-refractivity contribution in [2.45, 2.75) is 38.1 Å². The summed E-state index contributed by atoms with van der Waals surface area (Å²) in [6, 6.07) is 9.97. The lowest BCUT2D eigenvalue weighted by molar-refractivity contribution is -0.385. The molecule has 0 saturated carbocycles. The molecule has 210 valence electrons. The number of aromatic nitrogens is 2. The number of benzene rings is 2. The highest BCUT2D eigenvalue weighted by Gasteiger charge is 2.30. The topological polar surface area (TPSA) is 164 Å². The summed E-state index contributed by atoms with van der Waals surface area (Å²) in [5.74, 6) is -0.0631. The quantitative estimate of drug-likeness (QED) is 0.203. The van der Waals surface area contributed by atoms with Crippen molar-refractivity contribution in [1.29, 1.82) is 0 Å². The third-order valence-electron chi connectivity index (χ3n) is 5.27. The van der Waals surface area contributed by atoms with Crippen LogP contribution in [0.4, 0.5) is 5.69 Å². The van der Waals surface area contributed by atoms with E-state index < -0.39 is 37.0 Å². The van der Waals surface area contributed by atoms with E-state index in [0.29, 0.717) is 17.0 Å². The minimum Gasteiger partial charge on any atom is -0.497 e. The van der Waals surface area contributed by atoms with E-state index in [1.54, 1.807) is 52.0 Å². The van der Waals surface area contributed by atoms with Gasteiger partial charge in [0.1, 0.15) is 16.4 Å². The van der Waals surface area contributed by atoms with Gasteiger partial charge in [-0.25, -0.2) is 13.1 Å². The second kappa shape index (κ2) is 11.8. The highest BCUT2D eigenvalue weighted by Crippen LogP contribution is 2.36. The minimum absolute atomic E-state index is 0.0380.